The van der Waals surface area contributed by atoms with Gasteiger partial charge in [-0.1, -0.05) is 26.2 Å². The van der Waals surface area contributed by atoms with Crippen LogP contribution in [0.25, 0.3) is 0 Å². The Morgan fingerprint density at radius 2 is 2.12 bits per heavy atom. The van der Waals surface area contributed by atoms with Crippen molar-refractivity contribution in [1.29, 1.82) is 0 Å². The molecule has 1 atom stereocenters. The fourth-order valence-corrected chi connectivity index (χ4v) is 3.06. The fourth-order valence-electron chi connectivity index (χ4n) is 3.06. The highest BCUT2D eigenvalue weighted by Gasteiger charge is 2.27. The molecule has 1 aromatic rings. The molecule has 2 heteroatoms. The predicted octanol–water partition coefficient (Wildman–Crippen LogP) is 3.76. The van der Waals surface area contributed by atoms with Crippen LogP contribution in [0.1, 0.15) is 50.6 Å². The lowest BCUT2D eigenvalue weighted by atomic mass is 9.76. The Labute approximate surface area is 98.4 Å². The number of furan rings is 1. The molecule has 16 heavy (non-hydrogen) atoms. The van der Waals surface area contributed by atoms with Gasteiger partial charge in [-0.2, -0.15) is 0 Å². The molecule has 1 saturated carbocycles. The first-order valence-corrected chi connectivity index (χ1v) is 6.54. The van der Waals surface area contributed by atoms with Crippen molar-refractivity contribution in [3.05, 3.63) is 24.2 Å². The Morgan fingerprint density at radius 3 is 2.62 bits per heavy atom. The van der Waals surface area contributed by atoms with Crippen LogP contribution in [0.4, 0.5) is 0 Å². The van der Waals surface area contributed by atoms with Crippen molar-refractivity contribution in [2.45, 2.75) is 45.1 Å². The van der Waals surface area contributed by atoms with Gasteiger partial charge in [0.1, 0.15) is 0 Å². The molecule has 2 rings (SSSR count). The maximum atomic E-state index is 5.19. The topological polar surface area (TPSA) is 25.2 Å². The second-order valence-corrected chi connectivity index (χ2v) is 5.01. The van der Waals surface area contributed by atoms with Crippen LogP contribution in [-0.4, -0.2) is 7.05 Å². The van der Waals surface area contributed by atoms with Crippen LogP contribution in [-0.2, 0) is 0 Å². The van der Waals surface area contributed by atoms with Gasteiger partial charge < -0.3 is 9.73 Å². The molecule has 0 aliphatic heterocycles. The smallest absolute Gasteiger partial charge is 0.0950 e. The summed E-state index contributed by atoms with van der Waals surface area (Å²) < 4.78 is 5.19. The van der Waals surface area contributed by atoms with Crippen molar-refractivity contribution in [3.63, 3.8) is 0 Å². The summed E-state index contributed by atoms with van der Waals surface area (Å²) in [6.07, 6.45) is 10.5. The van der Waals surface area contributed by atoms with Crippen LogP contribution in [0.2, 0.25) is 0 Å². The van der Waals surface area contributed by atoms with Gasteiger partial charge in [-0.05, 0) is 37.8 Å². The standard InChI is InChI=1S/C14H23NO/c1-3-11-4-6-12(7-5-11)14(15-2)13-8-9-16-10-13/h8-12,14-15H,3-7H2,1-2H3. The predicted molar refractivity (Wildman–Crippen MR) is 66.2 cm³/mol. The molecule has 0 radical (unpaired) electrons. The largest absolute Gasteiger partial charge is 0.472 e. The lowest BCUT2D eigenvalue weighted by Gasteiger charge is -2.33. The van der Waals surface area contributed by atoms with E-state index in [1.807, 2.05) is 6.26 Å². The van der Waals surface area contributed by atoms with Crippen LogP contribution in [0, 0.1) is 11.8 Å². The van der Waals surface area contributed by atoms with Crippen molar-refractivity contribution in [1.82, 2.24) is 5.32 Å². The Kier molecular flexibility index (Phi) is 4.05. The molecule has 1 aromatic heterocycles. The molecule has 1 N–H and O–H groups in total. The van der Waals surface area contributed by atoms with E-state index >= 15 is 0 Å². The maximum absolute atomic E-state index is 5.19. The average Bonchev–Trinajstić information content (AvgIpc) is 2.85. The molecular formula is C14H23NO. The van der Waals surface area contributed by atoms with E-state index in [9.17, 15) is 0 Å². The van der Waals surface area contributed by atoms with Gasteiger partial charge in [0.05, 0.1) is 12.5 Å². The number of nitrogens with one attached hydrogen (secondary N) is 1. The van der Waals surface area contributed by atoms with Crippen LogP contribution in [0.15, 0.2) is 23.0 Å². The van der Waals surface area contributed by atoms with Crippen molar-refractivity contribution < 1.29 is 4.42 Å². The van der Waals surface area contributed by atoms with E-state index in [2.05, 4.69) is 25.4 Å². The first-order valence-electron chi connectivity index (χ1n) is 6.54. The molecule has 0 spiro atoms. The van der Waals surface area contributed by atoms with Crippen LogP contribution in [0.5, 0.6) is 0 Å². The highest BCUT2D eigenvalue weighted by molar-refractivity contribution is 5.13. The van der Waals surface area contributed by atoms with E-state index in [0.29, 0.717) is 6.04 Å². The molecule has 0 bridgehead atoms. The van der Waals surface area contributed by atoms with E-state index in [1.54, 1.807) is 6.26 Å². The number of hydrogen-bond acceptors (Lipinski definition) is 2. The Bertz CT molecular complexity index is 286. The van der Waals surface area contributed by atoms with Gasteiger partial charge in [-0.15, -0.1) is 0 Å². The minimum absolute atomic E-state index is 0.483. The fraction of sp³-hybridized carbons (Fsp3) is 0.714. The molecule has 1 heterocycles. The van der Waals surface area contributed by atoms with Gasteiger partial charge in [-0.3, -0.25) is 0 Å². The van der Waals surface area contributed by atoms with Crippen LogP contribution < -0.4 is 5.32 Å². The molecule has 1 aliphatic carbocycles. The van der Waals surface area contributed by atoms with Gasteiger partial charge in [0.2, 0.25) is 0 Å². The third kappa shape index (κ3) is 2.49. The molecule has 0 saturated heterocycles. The summed E-state index contributed by atoms with van der Waals surface area (Å²) in [5.74, 6) is 1.75. The number of rotatable bonds is 4. The molecule has 1 fully saturated rings. The van der Waals surface area contributed by atoms with Crippen LogP contribution >= 0.6 is 0 Å². The lowest BCUT2D eigenvalue weighted by molar-refractivity contribution is 0.223. The lowest BCUT2D eigenvalue weighted by Crippen LogP contribution is -2.28. The second-order valence-electron chi connectivity index (χ2n) is 5.01. The molecule has 0 amide bonds. The summed E-state index contributed by atoms with van der Waals surface area (Å²) in [7, 11) is 2.06. The average molecular weight is 221 g/mol. The quantitative estimate of drug-likeness (QED) is 0.837. The molecule has 2 nitrogen and oxygen atoms in total. The van der Waals surface area contributed by atoms with E-state index in [4.69, 9.17) is 4.42 Å². The molecule has 1 aliphatic rings. The zero-order valence-corrected chi connectivity index (χ0v) is 10.4. The third-order valence-corrected chi connectivity index (χ3v) is 4.15. The molecule has 1 unspecified atom stereocenters. The minimum Gasteiger partial charge on any atom is -0.472 e. The molecule has 0 aromatic carbocycles. The Balaban J connectivity index is 1.96. The van der Waals surface area contributed by atoms with E-state index in [1.165, 1.54) is 37.7 Å². The van der Waals surface area contributed by atoms with Crippen molar-refractivity contribution >= 4 is 0 Å². The zero-order chi connectivity index (χ0) is 11.4. The van der Waals surface area contributed by atoms with E-state index < -0.39 is 0 Å². The second kappa shape index (κ2) is 5.53. The SMILES string of the molecule is CCC1CCC(C(NC)c2ccoc2)CC1. The van der Waals surface area contributed by atoms with Gasteiger partial charge >= 0.3 is 0 Å². The maximum Gasteiger partial charge on any atom is 0.0950 e. The monoisotopic (exact) mass is 221 g/mol. The van der Waals surface area contributed by atoms with E-state index in [-0.39, 0.29) is 0 Å². The minimum atomic E-state index is 0.483. The van der Waals surface area contributed by atoms with Crippen molar-refractivity contribution in [2.24, 2.45) is 11.8 Å². The first-order chi connectivity index (χ1) is 7.85. The van der Waals surface area contributed by atoms with Gasteiger partial charge in [0.25, 0.3) is 0 Å². The molecule has 90 valence electrons. The van der Waals surface area contributed by atoms with Crippen molar-refractivity contribution in [3.8, 4) is 0 Å². The zero-order valence-electron chi connectivity index (χ0n) is 10.4. The molecular weight excluding hydrogens is 198 g/mol. The van der Waals surface area contributed by atoms with Gasteiger partial charge in [-0.25, -0.2) is 0 Å². The van der Waals surface area contributed by atoms with Crippen molar-refractivity contribution in [2.75, 3.05) is 7.05 Å². The summed E-state index contributed by atoms with van der Waals surface area (Å²) in [5.41, 5.74) is 1.31. The Morgan fingerprint density at radius 1 is 1.38 bits per heavy atom. The normalized spacial score (nSPS) is 27.9. The van der Waals surface area contributed by atoms with Gasteiger partial charge in [0.15, 0.2) is 0 Å². The summed E-state index contributed by atoms with van der Waals surface area (Å²) in [6.45, 7) is 2.32. The summed E-state index contributed by atoms with van der Waals surface area (Å²) in [4.78, 5) is 0. The summed E-state index contributed by atoms with van der Waals surface area (Å²) in [5, 5.41) is 3.45. The van der Waals surface area contributed by atoms with Gasteiger partial charge in [0, 0.05) is 11.6 Å². The van der Waals surface area contributed by atoms with Crippen LogP contribution in [0.3, 0.4) is 0 Å². The Hall–Kier alpha value is -0.760. The number of hydrogen-bond donors (Lipinski definition) is 1. The third-order valence-electron chi connectivity index (χ3n) is 4.15. The summed E-state index contributed by atoms with van der Waals surface area (Å²) in [6, 6.07) is 2.57. The summed E-state index contributed by atoms with van der Waals surface area (Å²) >= 11 is 0. The van der Waals surface area contributed by atoms with E-state index in [0.717, 1.165) is 11.8 Å². The first kappa shape index (κ1) is 11.7. The highest BCUT2D eigenvalue weighted by Crippen LogP contribution is 2.37. The highest BCUT2D eigenvalue weighted by atomic mass is 16.3.